The van der Waals surface area contributed by atoms with E-state index < -0.39 is 5.54 Å². The summed E-state index contributed by atoms with van der Waals surface area (Å²) < 4.78 is 0. The van der Waals surface area contributed by atoms with Crippen LogP contribution in [-0.2, 0) is 4.79 Å². The van der Waals surface area contributed by atoms with Gasteiger partial charge in [-0.2, -0.15) is 0 Å². The second kappa shape index (κ2) is 6.48. The number of likely N-dealkylation sites (N-methyl/N-ethyl adjacent to an activating group) is 1. The van der Waals surface area contributed by atoms with Gasteiger partial charge in [-0.3, -0.25) is 4.79 Å². The largest absolute Gasteiger partial charge is 0.508 e. The summed E-state index contributed by atoms with van der Waals surface area (Å²) in [5, 5.41) is 13.0. The van der Waals surface area contributed by atoms with E-state index in [2.05, 4.69) is 5.32 Å². The molecule has 1 aliphatic heterocycles. The lowest BCUT2D eigenvalue weighted by molar-refractivity contribution is -0.140. The van der Waals surface area contributed by atoms with Crippen LogP contribution in [0.3, 0.4) is 0 Å². The highest BCUT2D eigenvalue weighted by Crippen LogP contribution is 2.28. The first-order valence-electron chi connectivity index (χ1n) is 7.83. The van der Waals surface area contributed by atoms with Crippen molar-refractivity contribution in [2.75, 3.05) is 13.1 Å². The molecule has 1 fully saturated rings. The highest BCUT2D eigenvalue weighted by Gasteiger charge is 2.38. The molecule has 2 N–H and O–H groups in total. The third-order valence-corrected chi connectivity index (χ3v) is 4.51. The molecule has 1 aliphatic rings. The Kier molecular flexibility index (Phi) is 4.88. The van der Waals surface area contributed by atoms with Crippen LogP contribution in [0.4, 0.5) is 0 Å². The van der Waals surface area contributed by atoms with Gasteiger partial charge < -0.3 is 15.3 Å². The van der Waals surface area contributed by atoms with E-state index in [1.54, 1.807) is 12.1 Å². The van der Waals surface area contributed by atoms with Crippen LogP contribution in [0.1, 0.15) is 51.6 Å². The number of rotatable bonds is 4. The average Bonchev–Trinajstić information content (AvgIpc) is 2.48. The van der Waals surface area contributed by atoms with Crippen LogP contribution in [0.15, 0.2) is 24.3 Å². The monoisotopic (exact) mass is 290 g/mol. The van der Waals surface area contributed by atoms with Crippen LogP contribution in [0.25, 0.3) is 0 Å². The zero-order chi connectivity index (χ0) is 15.5. The third-order valence-electron chi connectivity index (χ3n) is 4.51. The fraction of sp³-hybridized carbons (Fsp3) is 0.588. The molecule has 0 radical (unpaired) electrons. The molecule has 1 saturated heterocycles. The molecule has 116 valence electrons. The summed E-state index contributed by atoms with van der Waals surface area (Å²) in [6.07, 6.45) is 3.11. The Labute approximate surface area is 127 Å². The molecule has 0 saturated carbocycles. The molecule has 1 aromatic rings. The van der Waals surface area contributed by atoms with Gasteiger partial charge >= 0.3 is 0 Å². The van der Waals surface area contributed by atoms with Crippen molar-refractivity contribution in [1.29, 1.82) is 0 Å². The minimum atomic E-state index is -0.459. The summed E-state index contributed by atoms with van der Waals surface area (Å²) in [6.45, 7) is 7.59. The maximum Gasteiger partial charge on any atom is 0.243 e. The number of carbonyl (C=O) groups is 1. The molecule has 1 amide bonds. The summed E-state index contributed by atoms with van der Waals surface area (Å²) in [4.78, 5) is 14.8. The SMILES string of the molecule is CCN(C(=O)C1(C)CCCCN1)C(C)c1cccc(O)c1. The van der Waals surface area contributed by atoms with E-state index in [4.69, 9.17) is 0 Å². The molecule has 0 aromatic heterocycles. The van der Waals surface area contributed by atoms with Gasteiger partial charge in [0.05, 0.1) is 11.6 Å². The Morgan fingerprint density at radius 3 is 2.81 bits per heavy atom. The number of aromatic hydroxyl groups is 1. The van der Waals surface area contributed by atoms with E-state index in [1.165, 1.54) is 0 Å². The standard InChI is InChI=1S/C17H26N2O2/c1-4-19(13(2)14-8-7-9-15(20)12-14)16(21)17(3)10-5-6-11-18-17/h7-9,12-13,18,20H,4-6,10-11H2,1-3H3. The van der Waals surface area contributed by atoms with Crippen molar-refractivity contribution in [3.8, 4) is 5.75 Å². The quantitative estimate of drug-likeness (QED) is 0.896. The van der Waals surface area contributed by atoms with E-state index in [9.17, 15) is 9.90 Å². The topological polar surface area (TPSA) is 52.6 Å². The normalized spacial score (nSPS) is 23.6. The molecule has 2 rings (SSSR count). The van der Waals surface area contributed by atoms with Crippen LogP contribution in [-0.4, -0.2) is 34.5 Å². The number of nitrogens with zero attached hydrogens (tertiary/aromatic N) is 1. The average molecular weight is 290 g/mol. The predicted octanol–water partition coefficient (Wildman–Crippen LogP) is 2.83. The van der Waals surface area contributed by atoms with E-state index in [1.807, 2.05) is 37.8 Å². The van der Waals surface area contributed by atoms with Gasteiger partial charge in [-0.15, -0.1) is 0 Å². The van der Waals surface area contributed by atoms with E-state index in [-0.39, 0.29) is 17.7 Å². The van der Waals surface area contributed by atoms with Crippen LogP contribution in [0, 0.1) is 0 Å². The number of phenols is 1. The number of hydrogen-bond donors (Lipinski definition) is 2. The molecule has 0 spiro atoms. The molecule has 2 unspecified atom stereocenters. The lowest BCUT2D eigenvalue weighted by atomic mass is 9.88. The number of carbonyl (C=O) groups excluding carboxylic acids is 1. The minimum absolute atomic E-state index is 0.0462. The van der Waals surface area contributed by atoms with Crippen molar-refractivity contribution < 1.29 is 9.90 Å². The second-order valence-corrected chi connectivity index (χ2v) is 6.08. The molecule has 21 heavy (non-hydrogen) atoms. The lowest BCUT2D eigenvalue weighted by Crippen LogP contribution is -2.58. The summed E-state index contributed by atoms with van der Waals surface area (Å²) in [6, 6.07) is 7.11. The summed E-state index contributed by atoms with van der Waals surface area (Å²) in [7, 11) is 0. The number of benzene rings is 1. The molecule has 4 nitrogen and oxygen atoms in total. The van der Waals surface area contributed by atoms with Crippen molar-refractivity contribution in [1.82, 2.24) is 10.2 Å². The predicted molar refractivity (Wildman–Crippen MR) is 84.2 cm³/mol. The van der Waals surface area contributed by atoms with Crippen molar-refractivity contribution in [2.45, 2.75) is 51.6 Å². The van der Waals surface area contributed by atoms with Crippen molar-refractivity contribution in [3.05, 3.63) is 29.8 Å². The fourth-order valence-corrected chi connectivity index (χ4v) is 3.11. The van der Waals surface area contributed by atoms with Crippen molar-refractivity contribution in [2.24, 2.45) is 0 Å². The molecule has 0 aliphatic carbocycles. The summed E-state index contributed by atoms with van der Waals surface area (Å²) in [5.41, 5.74) is 0.504. The van der Waals surface area contributed by atoms with Gasteiger partial charge in [0.25, 0.3) is 0 Å². The van der Waals surface area contributed by atoms with Crippen LogP contribution < -0.4 is 5.32 Å². The van der Waals surface area contributed by atoms with E-state index in [0.717, 1.165) is 31.4 Å². The van der Waals surface area contributed by atoms with Gasteiger partial charge in [0.2, 0.25) is 5.91 Å². The lowest BCUT2D eigenvalue weighted by Gasteiger charge is -2.40. The first kappa shape index (κ1) is 15.8. The Morgan fingerprint density at radius 2 is 2.24 bits per heavy atom. The Morgan fingerprint density at radius 1 is 1.48 bits per heavy atom. The molecule has 1 heterocycles. The van der Waals surface area contributed by atoms with E-state index in [0.29, 0.717) is 6.54 Å². The number of piperidine rings is 1. The molecule has 2 atom stereocenters. The van der Waals surface area contributed by atoms with Crippen molar-refractivity contribution >= 4 is 5.91 Å². The van der Waals surface area contributed by atoms with Gasteiger partial charge in [0.15, 0.2) is 0 Å². The Balaban J connectivity index is 2.20. The van der Waals surface area contributed by atoms with Crippen LogP contribution >= 0.6 is 0 Å². The van der Waals surface area contributed by atoms with Gasteiger partial charge in [-0.25, -0.2) is 0 Å². The molecular weight excluding hydrogens is 264 g/mol. The first-order valence-corrected chi connectivity index (χ1v) is 7.83. The third kappa shape index (κ3) is 3.38. The zero-order valence-corrected chi connectivity index (χ0v) is 13.2. The smallest absolute Gasteiger partial charge is 0.243 e. The minimum Gasteiger partial charge on any atom is -0.508 e. The number of amides is 1. The second-order valence-electron chi connectivity index (χ2n) is 6.08. The first-order chi connectivity index (χ1) is 9.98. The van der Waals surface area contributed by atoms with Crippen molar-refractivity contribution in [3.63, 3.8) is 0 Å². The molecule has 1 aromatic carbocycles. The fourth-order valence-electron chi connectivity index (χ4n) is 3.11. The maximum absolute atomic E-state index is 13.0. The van der Waals surface area contributed by atoms with Crippen LogP contribution in [0.2, 0.25) is 0 Å². The number of phenolic OH excluding ortho intramolecular Hbond substituents is 1. The molecular formula is C17H26N2O2. The Bertz CT molecular complexity index is 495. The maximum atomic E-state index is 13.0. The number of hydrogen-bond acceptors (Lipinski definition) is 3. The Hall–Kier alpha value is -1.55. The molecule has 4 heteroatoms. The van der Waals surface area contributed by atoms with Gasteiger partial charge in [-0.05, 0) is 64.3 Å². The highest BCUT2D eigenvalue weighted by molar-refractivity contribution is 5.86. The van der Waals surface area contributed by atoms with Crippen LogP contribution in [0.5, 0.6) is 5.75 Å². The summed E-state index contributed by atoms with van der Waals surface area (Å²) in [5.74, 6) is 0.394. The van der Waals surface area contributed by atoms with Gasteiger partial charge in [-0.1, -0.05) is 12.1 Å². The van der Waals surface area contributed by atoms with Gasteiger partial charge in [0.1, 0.15) is 5.75 Å². The molecule has 0 bridgehead atoms. The number of nitrogens with one attached hydrogen (secondary N) is 1. The summed E-state index contributed by atoms with van der Waals surface area (Å²) >= 11 is 0. The van der Waals surface area contributed by atoms with Gasteiger partial charge in [0, 0.05) is 6.54 Å². The zero-order valence-electron chi connectivity index (χ0n) is 13.2. The highest BCUT2D eigenvalue weighted by atomic mass is 16.3. The van der Waals surface area contributed by atoms with E-state index >= 15 is 0 Å².